The number of hydrogen-bond acceptors (Lipinski definition) is 3. The van der Waals surface area contributed by atoms with Crippen molar-refractivity contribution >= 4 is 11.8 Å². The topological polar surface area (TPSA) is 43.4 Å². The molecule has 1 aliphatic carbocycles. The molecule has 0 aliphatic heterocycles. The van der Waals surface area contributed by atoms with Gasteiger partial charge in [-0.3, -0.25) is 4.79 Å². The molecule has 1 unspecified atom stereocenters. The van der Waals surface area contributed by atoms with Crippen LogP contribution in [0.4, 0.5) is 0 Å². The van der Waals surface area contributed by atoms with Crippen LogP contribution in [0.15, 0.2) is 12.2 Å². The van der Waals surface area contributed by atoms with Crippen molar-refractivity contribution in [1.82, 2.24) is 0 Å². The van der Waals surface area contributed by atoms with Crippen LogP contribution in [0.1, 0.15) is 45.4 Å². The van der Waals surface area contributed by atoms with Crippen molar-refractivity contribution in [3.63, 3.8) is 0 Å². The number of rotatable bonds is 4. The van der Waals surface area contributed by atoms with Gasteiger partial charge in [0.2, 0.25) is 0 Å². The number of carbonyl (C=O) groups excluding carboxylic acids is 2. The van der Waals surface area contributed by atoms with Crippen LogP contribution in [-0.4, -0.2) is 18.9 Å². The van der Waals surface area contributed by atoms with E-state index in [1.807, 2.05) is 6.92 Å². The molecule has 0 amide bonds. The minimum Gasteiger partial charge on any atom is -0.466 e. The van der Waals surface area contributed by atoms with Crippen molar-refractivity contribution in [1.29, 1.82) is 0 Å². The minimum atomic E-state index is -0.333. The van der Waals surface area contributed by atoms with Crippen LogP contribution in [0.5, 0.6) is 0 Å². The van der Waals surface area contributed by atoms with Crippen LogP contribution in [-0.2, 0) is 14.3 Å². The molecule has 0 aromatic heterocycles. The second kappa shape index (κ2) is 5.83. The first kappa shape index (κ1) is 12.9. The molecule has 0 saturated heterocycles. The maximum Gasteiger partial charge on any atom is 0.330 e. The zero-order valence-electron chi connectivity index (χ0n) is 10.1. The van der Waals surface area contributed by atoms with Gasteiger partial charge < -0.3 is 4.74 Å². The summed E-state index contributed by atoms with van der Waals surface area (Å²) in [6, 6.07) is 0. The van der Waals surface area contributed by atoms with Crippen LogP contribution in [0.3, 0.4) is 0 Å². The van der Waals surface area contributed by atoms with Gasteiger partial charge in [-0.2, -0.15) is 0 Å². The summed E-state index contributed by atoms with van der Waals surface area (Å²) >= 11 is 0. The van der Waals surface area contributed by atoms with E-state index in [-0.39, 0.29) is 11.4 Å². The van der Waals surface area contributed by atoms with E-state index in [1.54, 1.807) is 6.08 Å². The molecule has 1 rings (SSSR count). The summed E-state index contributed by atoms with van der Waals surface area (Å²) in [5.41, 5.74) is -0.168. The number of methoxy groups -OCH3 is 1. The quantitative estimate of drug-likeness (QED) is 0.544. The lowest BCUT2D eigenvalue weighted by molar-refractivity contribution is -0.134. The Hall–Kier alpha value is -1.12. The van der Waals surface area contributed by atoms with E-state index in [2.05, 4.69) is 4.74 Å². The fourth-order valence-corrected chi connectivity index (χ4v) is 2.16. The first-order valence-corrected chi connectivity index (χ1v) is 5.86. The largest absolute Gasteiger partial charge is 0.466 e. The van der Waals surface area contributed by atoms with Gasteiger partial charge >= 0.3 is 5.97 Å². The van der Waals surface area contributed by atoms with Crippen LogP contribution in [0.2, 0.25) is 0 Å². The summed E-state index contributed by atoms with van der Waals surface area (Å²) in [5.74, 6) is 0.0466. The summed E-state index contributed by atoms with van der Waals surface area (Å²) in [5, 5.41) is 0. The van der Waals surface area contributed by atoms with Crippen molar-refractivity contribution in [3.8, 4) is 0 Å². The van der Waals surface area contributed by atoms with Crippen molar-refractivity contribution in [3.05, 3.63) is 12.2 Å². The van der Waals surface area contributed by atoms with Gasteiger partial charge in [0.1, 0.15) is 5.78 Å². The van der Waals surface area contributed by atoms with Crippen molar-refractivity contribution < 1.29 is 14.3 Å². The van der Waals surface area contributed by atoms with Crippen LogP contribution in [0, 0.1) is 5.41 Å². The normalized spacial score (nSPS) is 26.0. The molecule has 0 aromatic carbocycles. The van der Waals surface area contributed by atoms with E-state index in [1.165, 1.54) is 13.2 Å². The highest BCUT2D eigenvalue weighted by Gasteiger charge is 2.33. The highest BCUT2D eigenvalue weighted by Crippen LogP contribution is 2.36. The Labute approximate surface area is 96.9 Å². The van der Waals surface area contributed by atoms with Crippen LogP contribution < -0.4 is 0 Å². The Bertz CT molecular complexity index is 294. The highest BCUT2D eigenvalue weighted by molar-refractivity contribution is 5.85. The molecule has 0 bridgehead atoms. The third-order valence-electron chi connectivity index (χ3n) is 3.37. The Kier molecular flexibility index (Phi) is 4.71. The molecule has 0 radical (unpaired) electrons. The van der Waals surface area contributed by atoms with E-state index >= 15 is 0 Å². The average molecular weight is 224 g/mol. The van der Waals surface area contributed by atoms with Gasteiger partial charge in [0.25, 0.3) is 0 Å². The van der Waals surface area contributed by atoms with E-state index < -0.39 is 0 Å². The maximum absolute atomic E-state index is 11.8. The van der Waals surface area contributed by atoms with E-state index in [4.69, 9.17) is 0 Å². The number of hydrogen-bond donors (Lipinski definition) is 0. The van der Waals surface area contributed by atoms with Gasteiger partial charge in [-0.25, -0.2) is 4.79 Å². The van der Waals surface area contributed by atoms with Crippen LogP contribution >= 0.6 is 0 Å². The molecule has 0 spiro atoms. The number of ketones is 1. The Balaban J connectivity index is 2.38. The summed E-state index contributed by atoms with van der Waals surface area (Å²) in [6.45, 7) is 2.04. The summed E-state index contributed by atoms with van der Waals surface area (Å²) in [6.07, 6.45) is 8.69. The van der Waals surface area contributed by atoms with Gasteiger partial charge in [-0.05, 0) is 25.7 Å². The van der Waals surface area contributed by atoms with E-state index in [0.717, 1.165) is 38.5 Å². The van der Waals surface area contributed by atoms with E-state index in [9.17, 15) is 9.59 Å². The Morgan fingerprint density at radius 1 is 1.50 bits per heavy atom. The van der Waals surface area contributed by atoms with E-state index in [0.29, 0.717) is 5.78 Å². The lowest BCUT2D eigenvalue weighted by Crippen LogP contribution is -2.30. The zero-order valence-corrected chi connectivity index (χ0v) is 10.1. The maximum atomic E-state index is 11.8. The molecule has 1 saturated carbocycles. The standard InChI is InChI=1S/C13H20O3/c1-13(9-5-3-7-11(13)14)10-6-4-8-12(15)16-2/h4,8H,3,5-7,9-10H2,1-2H3/b8-4+. The fraction of sp³-hybridized carbons (Fsp3) is 0.692. The second-order valence-corrected chi connectivity index (χ2v) is 4.66. The zero-order chi connectivity index (χ0) is 12.0. The lowest BCUT2D eigenvalue weighted by atomic mass is 9.72. The summed E-state index contributed by atoms with van der Waals surface area (Å²) < 4.78 is 4.50. The fourth-order valence-electron chi connectivity index (χ4n) is 2.16. The smallest absolute Gasteiger partial charge is 0.330 e. The Morgan fingerprint density at radius 2 is 2.25 bits per heavy atom. The average Bonchev–Trinajstić information content (AvgIpc) is 2.28. The Morgan fingerprint density at radius 3 is 2.88 bits per heavy atom. The second-order valence-electron chi connectivity index (χ2n) is 4.66. The third-order valence-corrected chi connectivity index (χ3v) is 3.37. The number of esters is 1. The molecule has 3 nitrogen and oxygen atoms in total. The predicted molar refractivity (Wildman–Crippen MR) is 62.0 cm³/mol. The first-order chi connectivity index (χ1) is 7.58. The number of allylic oxidation sites excluding steroid dienone is 1. The molecule has 1 aliphatic rings. The molecule has 0 N–H and O–H groups in total. The molecule has 0 aromatic rings. The highest BCUT2D eigenvalue weighted by atomic mass is 16.5. The van der Waals surface area contributed by atoms with Gasteiger partial charge in [-0.15, -0.1) is 0 Å². The van der Waals surface area contributed by atoms with Gasteiger partial charge in [0, 0.05) is 17.9 Å². The molecular formula is C13H20O3. The monoisotopic (exact) mass is 224 g/mol. The van der Waals surface area contributed by atoms with Gasteiger partial charge in [-0.1, -0.05) is 19.4 Å². The van der Waals surface area contributed by atoms with Gasteiger partial charge in [0.15, 0.2) is 0 Å². The molecule has 1 fully saturated rings. The van der Waals surface area contributed by atoms with Crippen LogP contribution in [0.25, 0.3) is 0 Å². The molecule has 1 atom stereocenters. The summed E-state index contributed by atoms with van der Waals surface area (Å²) in [7, 11) is 1.36. The van der Waals surface area contributed by atoms with Gasteiger partial charge in [0.05, 0.1) is 7.11 Å². The molecular weight excluding hydrogens is 204 g/mol. The molecule has 16 heavy (non-hydrogen) atoms. The van der Waals surface area contributed by atoms with Crippen molar-refractivity contribution in [2.24, 2.45) is 5.41 Å². The SMILES string of the molecule is COC(=O)/C=C/CCC1(C)CCCCC1=O. The molecule has 90 valence electrons. The summed E-state index contributed by atoms with van der Waals surface area (Å²) in [4.78, 5) is 22.6. The third kappa shape index (κ3) is 3.47. The number of ether oxygens (including phenoxy) is 1. The first-order valence-electron chi connectivity index (χ1n) is 5.86. The van der Waals surface area contributed by atoms with Crippen molar-refractivity contribution in [2.45, 2.75) is 45.4 Å². The predicted octanol–water partition coefficient (Wildman–Crippen LogP) is 2.65. The minimum absolute atomic E-state index is 0.168. The number of carbonyl (C=O) groups is 2. The number of Topliss-reactive ketones (excluding diaryl/α,β-unsaturated/α-hetero) is 1. The molecule has 3 heteroatoms. The van der Waals surface area contributed by atoms with Crippen molar-refractivity contribution in [2.75, 3.05) is 7.11 Å². The lowest BCUT2D eigenvalue weighted by Gasteiger charge is -2.31. The molecule has 0 heterocycles.